The molecule has 0 saturated carbocycles. The first kappa shape index (κ1) is 13.9. The molecular weight excluding hydrogens is 256 g/mol. The van der Waals surface area contributed by atoms with E-state index in [0.717, 1.165) is 10.6 Å². The van der Waals surface area contributed by atoms with E-state index < -0.39 is 41.4 Å². The number of hydrogen-bond donors (Lipinski definition) is 4. The summed E-state index contributed by atoms with van der Waals surface area (Å²) in [6.45, 7) is 2.80. The summed E-state index contributed by atoms with van der Waals surface area (Å²) >= 11 is 0. The second kappa shape index (κ2) is 4.57. The highest BCUT2D eigenvalue weighted by molar-refractivity contribution is 5.00. The molecule has 0 unspecified atom stereocenters. The van der Waals surface area contributed by atoms with E-state index >= 15 is 0 Å². The van der Waals surface area contributed by atoms with Gasteiger partial charge in [0.25, 0.3) is 5.56 Å². The van der Waals surface area contributed by atoms with Gasteiger partial charge in [-0.1, -0.05) is 0 Å². The zero-order valence-corrected chi connectivity index (χ0v) is 10.5. The summed E-state index contributed by atoms with van der Waals surface area (Å²) in [5.74, 6) is 0. The molecule has 1 aliphatic heterocycles. The average Bonchev–Trinajstić information content (AvgIpc) is 2.54. The van der Waals surface area contributed by atoms with Crippen molar-refractivity contribution in [3.63, 3.8) is 0 Å². The van der Waals surface area contributed by atoms with Gasteiger partial charge < -0.3 is 20.1 Å². The second-order valence-corrected chi connectivity index (χ2v) is 4.79. The maximum Gasteiger partial charge on any atom is 0.330 e. The van der Waals surface area contributed by atoms with E-state index in [1.54, 1.807) is 0 Å². The van der Waals surface area contributed by atoms with E-state index in [1.807, 2.05) is 4.98 Å². The van der Waals surface area contributed by atoms with Crippen molar-refractivity contribution in [2.45, 2.75) is 44.0 Å². The number of aliphatic hydroxyl groups is 3. The summed E-state index contributed by atoms with van der Waals surface area (Å²) in [5.41, 5.74) is -2.92. The van der Waals surface area contributed by atoms with Gasteiger partial charge in [0.2, 0.25) is 0 Å². The minimum atomic E-state index is -1.57. The molecule has 0 spiro atoms. The average molecular weight is 272 g/mol. The Kier molecular flexibility index (Phi) is 3.35. The van der Waals surface area contributed by atoms with E-state index in [-0.39, 0.29) is 0 Å². The Morgan fingerprint density at radius 2 is 2.11 bits per heavy atom. The highest BCUT2D eigenvalue weighted by Crippen LogP contribution is 2.35. The monoisotopic (exact) mass is 272 g/mol. The van der Waals surface area contributed by atoms with Crippen LogP contribution in [0.4, 0.5) is 0 Å². The van der Waals surface area contributed by atoms with Gasteiger partial charge in [0.15, 0.2) is 5.72 Å². The van der Waals surface area contributed by atoms with Gasteiger partial charge in [0, 0.05) is 12.3 Å². The summed E-state index contributed by atoms with van der Waals surface area (Å²) in [6.07, 6.45) is -3.65. The van der Waals surface area contributed by atoms with Gasteiger partial charge in [0.05, 0.1) is 6.10 Å². The predicted molar refractivity (Wildman–Crippen MR) is 63.5 cm³/mol. The van der Waals surface area contributed by atoms with Gasteiger partial charge >= 0.3 is 5.69 Å². The third-order valence-corrected chi connectivity index (χ3v) is 3.36. The molecule has 1 aromatic heterocycles. The summed E-state index contributed by atoms with van der Waals surface area (Å²) < 4.78 is 6.41. The number of rotatable bonds is 2. The van der Waals surface area contributed by atoms with Crippen molar-refractivity contribution >= 4 is 0 Å². The van der Waals surface area contributed by atoms with Crippen LogP contribution in [0.1, 0.15) is 13.8 Å². The van der Waals surface area contributed by atoms with Crippen LogP contribution in [-0.4, -0.2) is 49.3 Å². The van der Waals surface area contributed by atoms with E-state index in [1.165, 1.54) is 20.0 Å². The molecule has 1 aliphatic rings. The van der Waals surface area contributed by atoms with Crippen LogP contribution in [0.15, 0.2) is 21.9 Å². The molecule has 19 heavy (non-hydrogen) atoms. The fourth-order valence-electron chi connectivity index (χ4n) is 2.26. The largest absolute Gasteiger partial charge is 0.391 e. The first-order valence-electron chi connectivity index (χ1n) is 5.82. The first-order valence-corrected chi connectivity index (χ1v) is 5.82. The molecule has 8 nitrogen and oxygen atoms in total. The Morgan fingerprint density at radius 1 is 1.47 bits per heavy atom. The number of aromatic amines is 1. The molecule has 0 bridgehead atoms. The number of aromatic nitrogens is 2. The number of H-pyrrole nitrogens is 1. The van der Waals surface area contributed by atoms with Crippen molar-refractivity contribution in [2.75, 3.05) is 0 Å². The summed E-state index contributed by atoms with van der Waals surface area (Å²) in [7, 11) is 0. The number of nitrogens with one attached hydrogen (secondary N) is 1. The zero-order chi connectivity index (χ0) is 14.4. The van der Waals surface area contributed by atoms with E-state index in [9.17, 15) is 24.9 Å². The van der Waals surface area contributed by atoms with Crippen molar-refractivity contribution in [1.82, 2.24) is 9.55 Å². The number of hydrogen-bond acceptors (Lipinski definition) is 6. The minimum Gasteiger partial charge on any atom is -0.391 e. The number of ether oxygens (including phenoxy) is 1. The molecule has 1 saturated heterocycles. The molecule has 0 aromatic carbocycles. The SMILES string of the molecule is C[C@@H](O)[C@H]1O[C@@](C)(n2ccc(=O)[nH]c2=O)[C@@H](O)[C@@H]1O. The second-order valence-electron chi connectivity index (χ2n) is 4.79. The lowest BCUT2D eigenvalue weighted by atomic mass is 10.0. The van der Waals surface area contributed by atoms with Gasteiger partial charge in [-0.25, -0.2) is 4.79 Å². The van der Waals surface area contributed by atoms with Crippen LogP contribution < -0.4 is 11.2 Å². The van der Waals surface area contributed by atoms with Crippen molar-refractivity contribution in [3.8, 4) is 0 Å². The lowest BCUT2D eigenvalue weighted by molar-refractivity contribution is -0.148. The maximum atomic E-state index is 11.7. The Labute approximate surface area is 107 Å². The standard InChI is InChI=1S/C11H16N2O6/c1-5(14)8-7(16)9(17)11(2,19-8)13-4-3-6(15)12-10(13)18/h3-5,7-9,14,16-17H,1-2H3,(H,12,15,18)/t5-,7-,8-,9+,11-/m1/s1. The van der Waals surface area contributed by atoms with Crippen molar-refractivity contribution in [3.05, 3.63) is 33.1 Å². The lowest BCUT2D eigenvalue weighted by Crippen LogP contribution is -2.49. The van der Waals surface area contributed by atoms with E-state index in [2.05, 4.69) is 0 Å². The molecule has 0 aliphatic carbocycles. The molecule has 1 fully saturated rings. The third kappa shape index (κ3) is 2.12. The normalized spacial score (nSPS) is 36.4. The van der Waals surface area contributed by atoms with Crippen LogP contribution in [0.3, 0.4) is 0 Å². The van der Waals surface area contributed by atoms with Crippen LogP contribution in [0, 0.1) is 0 Å². The fourth-order valence-corrected chi connectivity index (χ4v) is 2.26. The summed E-state index contributed by atoms with van der Waals surface area (Å²) in [5, 5.41) is 29.4. The zero-order valence-electron chi connectivity index (χ0n) is 10.5. The first-order chi connectivity index (χ1) is 8.77. The summed E-state index contributed by atoms with van der Waals surface area (Å²) in [4.78, 5) is 24.8. The van der Waals surface area contributed by atoms with Crippen LogP contribution in [0.2, 0.25) is 0 Å². The molecule has 5 atom stereocenters. The smallest absolute Gasteiger partial charge is 0.330 e. The number of aliphatic hydroxyl groups excluding tert-OH is 3. The van der Waals surface area contributed by atoms with Crippen molar-refractivity contribution in [2.24, 2.45) is 0 Å². The van der Waals surface area contributed by atoms with Crippen LogP contribution in [-0.2, 0) is 10.5 Å². The Bertz CT molecular complexity index is 579. The Balaban J connectivity index is 2.48. The minimum absolute atomic E-state index is 0.579. The molecule has 1 aromatic rings. The van der Waals surface area contributed by atoms with Crippen LogP contribution >= 0.6 is 0 Å². The Hall–Kier alpha value is -1.48. The van der Waals surface area contributed by atoms with E-state index in [4.69, 9.17) is 4.74 Å². The molecule has 4 N–H and O–H groups in total. The fraction of sp³-hybridized carbons (Fsp3) is 0.636. The van der Waals surface area contributed by atoms with Crippen LogP contribution in [0.25, 0.3) is 0 Å². The molecule has 0 amide bonds. The lowest BCUT2D eigenvalue weighted by Gasteiger charge is -2.29. The third-order valence-electron chi connectivity index (χ3n) is 3.36. The quantitative estimate of drug-likeness (QED) is 0.480. The Morgan fingerprint density at radius 3 is 2.58 bits per heavy atom. The van der Waals surface area contributed by atoms with Crippen LogP contribution in [0.5, 0.6) is 0 Å². The van der Waals surface area contributed by atoms with Gasteiger partial charge in [0.1, 0.15) is 18.3 Å². The highest BCUT2D eigenvalue weighted by atomic mass is 16.6. The number of nitrogens with zero attached hydrogens (tertiary/aromatic N) is 1. The highest BCUT2D eigenvalue weighted by Gasteiger charge is 2.54. The molecule has 106 valence electrons. The van der Waals surface area contributed by atoms with Crippen molar-refractivity contribution in [1.29, 1.82) is 0 Å². The topological polar surface area (TPSA) is 125 Å². The molecule has 0 radical (unpaired) electrons. The molecule has 2 heterocycles. The van der Waals surface area contributed by atoms with Gasteiger partial charge in [-0.05, 0) is 13.8 Å². The van der Waals surface area contributed by atoms with E-state index in [0.29, 0.717) is 0 Å². The molecule has 8 heteroatoms. The van der Waals surface area contributed by atoms with Gasteiger partial charge in [-0.3, -0.25) is 14.3 Å². The van der Waals surface area contributed by atoms with Gasteiger partial charge in [-0.2, -0.15) is 0 Å². The maximum absolute atomic E-state index is 11.7. The van der Waals surface area contributed by atoms with Gasteiger partial charge in [-0.15, -0.1) is 0 Å². The predicted octanol–water partition coefficient (Wildman–Crippen LogP) is -2.29. The summed E-state index contributed by atoms with van der Waals surface area (Å²) in [6, 6.07) is 1.10. The van der Waals surface area contributed by atoms with Crippen molar-refractivity contribution < 1.29 is 20.1 Å². The molecular formula is C11H16N2O6. The molecule has 2 rings (SSSR count).